The molecule has 2 aromatic rings. The highest BCUT2D eigenvalue weighted by molar-refractivity contribution is 5.98. The van der Waals surface area contributed by atoms with E-state index in [1.54, 1.807) is 18.2 Å². The van der Waals surface area contributed by atoms with Crippen LogP contribution in [0, 0.1) is 10.1 Å². The molecule has 0 aliphatic rings. The third-order valence-electron chi connectivity index (χ3n) is 3.95. The summed E-state index contributed by atoms with van der Waals surface area (Å²) < 4.78 is 10.1. The fraction of sp³-hybridized carbons (Fsp3) is 0.364. The molecular weight excluding hydrogens is 416 g/mol. The van der Waals surface area contributed by atoms with Gasteiger partial charge in [-0.15, -0.1) is 0 Å². The minimum absolute atomic E-state index is 0.0117. The van der Waals surface area contributed by atoms with Crippen LogP contribution in [0.3, 0.4) is 0 Å². The molecule has 0 radical (unpaired) electrons. The van der Waals surface area contributed by atoms with Crippen LogP contribution in [-0.2, 0) is 0 Å². The Morgan fingerprint density at radius 3 is 1.72 bits per heavy atom. The highest BCUT2D eigenvalue weighted by Crippen LogP contribution is 2.24. The van der Waals surface area contributed by atoms with Gasteiger partial charge in [0.25, 0.3) is 17.5 Å². The first-order valence-corrected chi connectivity index (χ1v) is 9.87. The average Bonchev–Trinajstić information content (AvgIpc) is 2.72. The molecule has 0 aliphatic carbocycles. The van der Waals surface area contributed by atoms with Crippen molar-refractivity contribution in [2.45, 2.75) is 39.8 Å². The Hall–Kier alpha value is -3.82. The molecule has 0 bridgehead atoms. The largest absolute Gasteiger partial charge is 0.496 e. The lowest BCUT2D eigenvalue weighted by atomic mass is 10.1. The number of methoxy groups -OCH3 is 2. The molecule has 10 nitrogen and oxygen atoms in total. The van der Waals surface area contributed by atoms with Gasteiger partial charge in [0.15, 0.2) is 0 Å². The number of carbonyl (C=O) groups is 2. The minimum atomic E-state index is -0.535. The second kappa shape index (κ2) is 12.1. The predicted octanol–water partition coefficient (Wildman–Crippen LogP) is 3.16. The van der Waals surface area contributed by atoms with Crippen molar-refractivity contribution in [2.24, 2.45) is 0 Å². The van der Waals surface area contributed by atoms with Gasteiger partial charge in [-0.2, -0.15) is 0 Å². The fourth-order valence-electron chi connectivity index (χ4n) is 2.56. The quantitative estimate of drug-likeness (QED) is 0.336. The van der Waals surface area contributed by atoms with Gasteiger partial charge in [0, 0.05) is 29.9 Å². The molecule has 0 aliphatic heterocycles. The first-order valence-electron chi connectivity index (χ1n) is 9.87. The van der Waals surface area contributed by atoms with E-state index in [2.05, 4.69) is 10.6 Å². The Morgan fingerprint density at radius 2 is 1.31 bits per heavy atom. The molecule has 32 heavy (non-hydrogen) atoms. The van der Waals surface area contributed by atoms with Crippen LogP contribution in [0.1, 0.15) is 48.4 Å². The molecule has 2 rings (SSSR count). The average molecular weight is 447 g/mol. The number of carbonyl (C=O) groups excluding carboxylic acids is 2. The molecule has 0 heterocycles. The summed E-state index contributed by atoms with van der Waals surface area (Å²) in [4.78, 5) is 33.5. The topological polar surface area (TPSA) is 146 Å². The van der Waals surface area contributed by atoms with Gasteiger partial charge in [-0.1, -0.05) is 0 Å². The first kappa shape index (κ1) is 26.2. The Labute approximate surface area is 187 Å². The Kier molecular flexibility index (Phi) is 9.94. The lowest BCUT2D eigenvalue weighted by Crippen LogP contribution is -2.30. The minimum Gasteiger partial charge on any atom is -0.496 e. The second-order valence-electron chi connectivity index (χ2n) is 7.36. The molecule has 10 heteroatoms. The fourth-order valence-corrected chi connectivity index (χ4v) is 2.56. The summed E-state index contributed by atoms with van der Waals surface area (Å²) in [7, 11) is 2.88. The molecule has 0 fully saturated rings. The zero-order chi connectivity index (χ0) is 24.4. The standard InChI is InChI=1S/C11H14N2O4.C11H16N2O2/c1-7(2)12-11(14)9-5-4-8(13(15)16)6-10(9)17-3;1-7(2)13-11(14)9-5-4-8(12)6-10(9)15-3/h4-7H,1-3H3,(H,12,14);4-7H,12H2,1-3H3,(H,13,14). The monoisotopic (exact) mass is 446 g/mol. The SMILES string of the molecule is COc1cc(N)ccc1C(=O)NC(C)C.COc1cc([N+](=O)[O-])ccc1C(=O)NC(C)C. The summed E-state index contributed by atoms with van der Waals surface area (Å²) in [6.07, 6.45) is 0. The number of anilines is 1. The maximum atomic E-state index is 11.8. The summed E-state index contributed by atoms with van der Waals surface area (Å²) in [6.45, 7) is 7.47. The van der Waals surface area contributed by atoms with E-state index in [1.165, 1.54) is 32.4 Å². The lowest BCUT2D eigenvalue weighted by molar-refractivity contribution is -0.384. The summed E-state index contributed by atoms with van der Waals surface area (Å²) in [5, 5.41) is 16.1. The third kappa shape index (κ3) is 7.78. The van der Waals surface area contributed by atoms with E-state index in [0.717, 1.165) is 0 Å². The summed E-state index contributed by atoms with van der Waals surface area (Å²) in [5.41, 5.74) is 6.85. The summed E-state index contributed by atoms with van der Waals surface area (Å²) in [5.74, 6) is 0.221. The number of nitro groups is 1. The van der Waals surface area contributed by atoms with Gasteiger partial charge in [-0.05, 0) is 45.9 Å². The number of nitrogens with two attached hydrogens (primary N) is 1. The van der Waals surface area contributed by atoms with Crippen molar-refractivity contribution in [2.75, 3.05) is 20.0 Å². The van der Waals surface area contributed by atoms with E-state index >= 15 is 0 Å². The van der Waals surface area contributed by atoms with E-state index in [9.17, 15) is 19.7 Å². The van der Waals surface area contributed by atoms with Gasteiger partial charge in [0.2, 0.25) is 0 Å². The third-order valence-corrected chi connectivity index (χ3v) is 3.95. The van der Waals surface area contributed by atoms with Crippen LogP contribution >= 0.6 is 0 Å². The molecule has 0 unspecified atom stereocenters. The second-order valence-corrected chi connectivity index (χ2v) is 7.36. The summed E-state index contributed by atoms with van der Waals surface area (Å²) >= 11 is 0. The number of rotatable bonds is 7. The highest BCUT2D eigenvalue weighted by atomic mass is 16.6. The molecule has 0 spiro atoms. The van der Waals surface area contributed by atoms with Crippen molar-refractivity contribution in [3.05, 3.63) is 57.6 Å². The van der Waals surface area contributed by atoms with Gasteiger partial charge < -0.3 is 25.8 Å². The van der Waals surface area contributed by atoms with E-state index < -0.39 is 4.92 Å². The number of benzene rings is 2. The number of nitrogens with zero attached hydrogens (tertiary/aromatic N) is 1. The first-order chi connectivity index (χ1) is 15.0. The number of nitro benzene ring substituents is 1. The van der Waals surface area contributed by atoms with E-state index in [1.807, 2.05) is 27.7 Å². The van der Waals surface area contributed by atoms with Crippen molar-refractivity contribution < 1.29 is 24.0 Å². The molecule has 0 saturated carbocycles. The van der Waals surface area contributed by atoms with Crippen LogP contribution in [0.2, 0.25) is 0 Å². The van der Waals surface area contributed by atoms with Gasteiger partial charge in [0.05, 0.1) is 36.3 Å². The number of ether oxygens (including phenoxy) is 2. The van der Waals surface area contributed by atoms with Crippen molar-refractivity contribution in [1.82, 2.24) is 10.6 Å². The number of hydrogen-bond acceptors (Lipinski definition) is 7. The Bertz CT molecular complexity index is 959. The maximum absolute atomic E-state index is 11.8. The zero-order valence-corrected chi connectivity index (χ0v) is 19.1. The van der Waals surface area contributed by atoms with E-state index in [4.69, 9.17) is 15.2 Å². The van der Waals surface area contributed by atoms with E-state index in [0.29, 0.717) is 17.0 Å². The number of hydrogen-bond donors (Lipinski definition) is 3. The molecule has 4 N–H and O–H groups in total. The molecule has 0 aromatic heterocycles. The lowest BCUT2D eigenvalue weighted by Gasteiger charge is -2.11. The van der Waals surface area contributed by atoms with Gasteiger partial charge >= 0.3 is 0 Å². The smallest absolute Gasteiger partial charge is 0.273 e. The molecule has 0 atom stereocenters. The Balaban J connectivity index is 0.000000323. The van der Waals surface area contributed by atoms with Crippen LogP contribution in [0.5, 0.6) is 11.5 Å². The van der Waals surface area contributed by atoms with Crippen LogP contribution in [0.25, 0.3) is 0 Å². The normalized spacial score (nSPS) is 10.1. The molecule has 0 saturated heterocycles. The van der Waals surface area contributed by atoms with Crippen LogP contribution in [0.4, 0.5) is 11.4 Å². The number of non-ortho nitro benzene ring substituents is 1. The number of nitrogen functional groups attached to an aromatic ring is 1. The van der Waals surface area contributed by atoms with Crippen LogP contribution in [0.15, 0.2) is 36.4 Å². The van der Waals surface area contributed by atoms with Crippen molar-refractivity contribution in [3.63, 3.8) is 0 Å². The molecular formula is C22H30N4O6. The van der Waals surface area contributed by atoms with Crippen LogP contribution < -0.4 is 25.8 Å². The van der Waals surface area contributed by atoms with E-state index in [-0.39, 0.29) is 40.9 Å². The molecule has 174 valence electrons. The van der Waals surface area contributed by atoms with Gasteiger partial charge in [-0.25, -0.2) is 0 Å². The maximum Gasteiger partial charge on any atom is 0.273 e. The van der Waals surface area contributed by atoms with Crippen LogP contribution in [-0.4, -0.2) is 43.0 Å². The molecule has 2 amide bonds. The van der Waals surface area contributed by atoms with Gasteiger partial charge in [0.1, 0.15) is 11.5 Å². The number of nitrogens with one attached hydrogen (secondary N) is 2. The predicted molar refractivity (Wildman–Crippen MR) is 122 cm³/mol. The van der Waals surface area contributed by atoms with Crippen molar-refractivity contribution in [1.29, 1.82) is 0 Å². The van der Waals surface area contributed by atoms with Crippen molar-refractivity contribution in [3.8, 4) is 11.5 Å². The Morgan fingerprint density at radius 1 is 0.875 bits per heavy atom. The number of amides is 2. The van der Waals surface area contributed by atoms with Gasteiger partial charge in [-0.3, -0.25) is 19.7 Å². The van der Waals surface area contributed by atoms with Crippen molar-refractivity contribution >= 4 is 23.2 Å². The highest BCUT2D eigenvalue weighted by Gasteiger charge is 2.17. The summed E-state index contributed by atoms with van der Waals surface area (Å²) in [6, 6.07) is 8.95. The zero-order valence-electron chi connectivity index (χ0n) is 19.1. The molecule has 2 aromatic carbocycles.